The number of hydrogen-bond acceptors (Lipinski definition) is 3. The van der Waals surface area contributed by atoms with Crippen LogP contribution < -0.4 is 10.2 Å². The first-order valence-corrected chi connectivity index (χ1v) is 9.00. The Morgan fingerprint density at radius 1 is 1.07 bits per heavy atom. The molecule has 1 amide bonds. The van der Waals surface area contributed by atoms with Gasteiger partial charge in [0.1, 0.15) is 11.6 Å². The zero-order chi connectivity index (χ0) is 18.6. The molecular formula is C22H20FN3O. The smallest absolute Gasteiger partial charge is 0.251 e. The Hall–Kier alpha value is -3.21. The van der Waals surface area contributed by atoms with E-state index in [1.165, 1.54) is 17.2 Å². The van der Waals surface area contributed by atoms with Crippen molar-refractivity contribution in [1.82, 2.24) is 10.3 Å². The topological polar surface area (TPSA) is 45.2 Å². The molecule has 136 valence electrons. The summed E-state index contributed by atoms with van der Waals surface area (Å²) in [6.07, 6.45) is 2.61. The molecule has 1 aliphatic rings. The molecule has 2 aromatic carbocycles. The summed E-state index contributed by atoms with van der Waals surface area (Å²) in [7, 11) is 0. The molecule has 4 nitrogen and oxygen atoms in total. The van der Waals surface area contributed by atoms with Gasteiger partial charge in [-0.1, -0.05) is 42.5 Å². The normalized spacial score (nSPS) is 13.1. The number of anilines is 1. The minimum atomic E-state index is -0.319. The fourth-order valence-corrected chi connectivity index (χ4v) is 3.34. The number of halogens is 1. The lowest BCUT2D eigenvalue weighted by molar-refractivity contribution is 0.0950. The molecular weight excluding hydrogens is 341 g/mol. The van der Waals surface area contributed by atoms with Gasteiger partial charge in [0.2, 0.25) is 0 Å². The molecule has 0 aliphatic carbocycles. The molecule has 0 spiro atoms. The van der Waals surface area contributed by atoms with Crippen LogP contribution in [0.5, 0.6) is 0 Å². The lowest BCUT2D eigenvalue weighted by Gasteiger charge is -2.29. The van der Waals surface area contributed by atoms with Gasteiger partial charge in [-0.05, 0) is 35.7 Å². The van der Waals surface area contributed by atoms with Crippen LogP contribution in [-0.2, 0) is 19.5 Å². The van der Waals surface area contributed by atoms with Gasteiger partial charge in [0.05, 0.1) is 0 Å². The molecule has 0 unspecified atom stereocenters. The number of amides is 1. The van der Waals surface area contributed by atoms with Crippen LogP contribution in [0, 0.1) is 5.82 Å². The average Bonchev–Trinajstić information content (AvgIpc) is 2.72. The molecule has 1 aliphatic heterocycles. The minimum absolute atomic E-state index is 0.153. The highest BCUT2D eigenvalue weighted by molar-refractivity contribution is 5.94. The molecule has 0 fully saturated rings. The van der Waals surface area contributed by atoms with E-state index < -0.39 is 0 Å². The molecule has 1 aromatic heterocycles. The van der Waals surface area contributed by atoms with Gasteiger partial charge in [0.25, 0.3) is 5.91 Å². The highest BCUT2D eigenvalue weighted by atomic mass is 19.1. The molecule has 0 saturated carbocycles. The van der Waals surface area contributed by atoms with Gasteiger partial charge in [-0.2, -0.15) is 0 Å². The van der Waals surface area contributed by atoms with Gasteiger partial charge in [-0.25, -0.2) is 9.37 Å². The maximum atomic E-state index is 13.7. The van der Waals surface area contributed by atoms with Crippen molar-refractivity contribution < 1.29 is 9.18 Å². The summed E-state index contributed by atoms with van der Waals surface area (Å²) < 4.78 is 13.7. The Labute approximate surface area is 157 Å². The first-order valence-electron chi connectivity index (χ1n) is 9.00. The van der Waals surface area contributed by atoms with Crippen LogP contribution in [0.2, 0.25) is 0 Å². The molecule has 0 bridgehead atoms. The number of benzene rings is 2. The van der Waals surface area contributed by atoms with E-state index in [1.807, 2.05) is 6.07 Å². The van der Waals surface area contributed by atoms with Gasteiger partial charge >= 0.3 is 0 Å². The van der Waals surface area contributed by atoms with Gasteiger partial charge in [-0.15, -0.1) is 0 Å². The molecule has 2 heterocycles. The number of carbonyl (C=O) groups excluding carboxylic acids is 1. The molecule has 0 atom stereocenters. The number of hydrogen-bond donors (Lipinski definition) is 1. The van der Waals surface area contributed by atoms with E-state index in [0.717, 1.165) is 25.3 Å². The van der Waals surface area contributed by atoms with Crippen molar-refractivity contribution in [3.8, 4) is 0 Å². The Balaban J connectivity index is 1.46. The summed E-state index contributed by atoms with van der Waals surface area (Å²) in [5, 5.41) is 2.78. The van der Waals surface area contributed by atoms with Crippen LogP contribution in [-0.4, -0.2) is 17.4 Å². The fourth-order valence-electron chi connectivity index (χ4n) is 3.34. The van der Waals surface area contributed by atoms with Crippen LogP contribution >= 0.6 is 0 Å². The zero-order valence-corrected chi connectivity index (χ0v) is 14.9. The fraction of sp³-hybridized carbons (Fsp3) is 0.182. The van der Waals surface area contributed by atoms with E-state index in [4.69, 9.17) is 0 Å². The number of nitrogens with zero attached hydrogens (tertiary/aromatic N) is 2. The Morgan fingerprint density at radius 3 is 2.70 bits per heavy atom. The van der Waals surface area contributed by atoms with Crippen molar-refractivity contribution in [2.24, 2.45) is 0 Å². The lowest BCUT2D eigenvalue weighted by atomic mass is 10.00. The number of aromatic nitrogens is 1. The van der Waals surface area contributed by atoms with Crippen molar-refractivity contribution in [3.05, 3.63) is 94.9 Å². The molecule has 4 rings (SSSR count). The second-order valence-corrected chi connectivity index (χ2v) is 6.62. The number of rotatable bonds is 4. The van der Waals surface area contributed by atoms with Gasteiger partial charge in [0, 0.05) is 37.0 Å². The highest BCUT2D eigenvalue weighted by Crippen LogP contribution is 2.23. The average molecular weight is 361 g/mol. The third kappa shape index (κ3) is 3.82. The van der Waals surface area contributed by atoms with E-state index in [1.54, 1.807) is 36.5 Å². The zero-order valence-electron chi connectivity index (χ0n) is 14.9. The second kappa shape index (κ2) is 7.58. The summed E-state index contributed by atoms with van der Waals surface area (Å²) in [5.41, 5.74) is 3.65. The highest BCUT2D eigenvalue weighted by Gasteiger charge is 2.18. The maximum absolute atomic E-state index is 13.7. The third-order valence-electron chi connectivity index (χ3n) is 4.86. The molecule has 0 radical (unpaired) electrons. The van der Waals surface area contributed by atoms with E-state index in [0.29, 0.717) is 11.1 Å². The number of carbonyl (C=O) groups is 1. The summed E-state index contributed by atoms with van der Waals surface area (Å²) in [6, 6.07) is 18.3. The van der Waals surface area contributed by atoms with E-state index in [2.05, 4.69) is 33.4 Å². The van der Waals surface area contributed by atoms with Crippen LogP contribution in [0.4, 0.5) is 10.2 Å². The first kappa shape index (κ1) is 17.2. The molecule has 1 N–H and O–H groups in total. The van der Waals surface area contributed by atoms with Crippen molar-refractivity contribution in [2.45, 2.75) is 19.5 Å². The van der Waals surface area contributed by atoms with Crippen LogP contribution in [0.15, 0.2) is 66.9 Å². The van der Waals surface area contributed by atoms with E-state index in [-0.39, 0.29) is 18.3 Å². The van der Waals surface area contributed by atoms with Gasteiger partial charge in [-0.3, -0.25) is 4.79 Å². The van der Waals surface area contributed by atoms with E-state index >= 15 is 0 Å². The first-order chi connectivity index (χ1) is 13.2. The molecule has 5 heteroatoms. The van der Waals surface area contributed by atoms with Gasteiger partial charge < -0.3 is 10.2 Å². The molecule has 3 aromatic rings. The maximum Gasteiger partial charge on any atom is 0.251 e. The summed E-state index contributed by atoms with van der Waals surface area (Å²) in [4.78, 5) is 19.1. The molecule has 0 saturated heterocycles. The van der Waals surface area contributed by atoms with Crippen LogP contribution in [0.25, 0.3) is 0 Å². The Kier molecular flexibility index (Phi) is 4.83. The molecule has 27 heavy (non-hydrogen) atoms. The van der Waals surface area contributed by atoms with Crippen molar-refractivity contribution >= 4 is 11.7 Å². The van der Waals surface area contributed by atoms with Gasteiger partial charge in [0.15, 0.2) is 0 Å². The minimum Gasteiger partial charge on any atom is -0.352 e. The predicted molar refractivity (Wildman–Crippen MR) is 103 cm³/mol. The summed E-state index contributed by atoms with van der Waals surface area (Å²) >= 11 is 0. The van der Waals surface area contributed by atoms with E-state index in [9.17, 15) is 9.18 Å². The van der Waals surface area contributed by atoms with Crippen LogP contribution in [0.3, 0.4) is 0 Å². The predicted octanol–water partition coefficient (Wildman–Crippen LogP) is 3.71. The number of nitrogens with one attached hydrogen (secondary N) is 1. The van der Waals surface area contributed by atoms with Crippen molar-refractivity contribution in [2.75, 3.05) is 11.4 Å². The largest absolute Gasteiger partial charge is 0.352 e. The SMILES string of the molecule is O=C(NCc1ccccc1F)c1ccnc(N2CCc3ccccc3C2)c1. The number of fused-ring (bicyclic) bond motifs is 1. The summed E-state index contributed by atoms with van der Waals surface area (Å²) in [5.74, 6) is 0.225. The second-order valence-electron chi connectivity index (χ2n) is 6.62. The quantitative estimate of drug-likeness (QED) is 0.770. The number of pyridine rings is 1. The van der Waals surface area contributed by atoms with Crippen molar-refractivity contribution in [1.29, 1.82) is 0 Å². The standard InChI is InChI=1S/C22H20FN3O/c23-20-8-4-3-6-18(20)14-25-22(27)17-9-11-24-21(13-17)26-12-10-16-5-1-2-7-19(16)15-26/h1-9,11,13H,10,12,14-15H2,(H,25,27). The third-order valence-corrected chi connectivity index (χ3v) is 4.86. The van der Waals surface area contributed by atoms with Crippen LogP contribution in [0.1, 0.15) is 27.0 Å². The monoisotopic (exact) mass is 361 g/mol. The Bertz CT molecular complexity index is 973. The lowest BCUT2D eigenvalue weighted by Crippen LogP contribution is -2.31. The Morgan fingerprint density at radius 2 is 1.85 bits per heavy atom. The van der Waals surface area contributed by atoms with Crippen molar-refractivity contribution in [3.63, 3.8) is 0 Å². The summed E-state index contributed by atoms with van der Waals surface area (Å²) in [6.45, 7) is 1.80.